The first-order chi connectivity index (χ1) is 13.5. The number of nitrogens with zero attached hydrogens (tertiary/aromatic N) is 1. The number of nitrogens with one attached hydrogen (secondary N) is 1. The van der Waals surface area contributed by atoms with Crippen LogP contribution in [0.15, 0.2) is 54.7 Å². The number of aromatic amines is 1. The fourth-order valence-corrected chi connectivity index (χ4v) is 4.06. The first-order valence-corrected chi connectivity index (χ1v) is 9.96. The van der Waals surface area contributed by atoms with Gasteiger partial charge in [0.15, 0.2) is 0 Å². The standard InChI is InChI=1S/C23H20Cl2N2O/c1-15-3-2-4-19-20(14-26-23(15)19)16-9-11-27(12-10-16)22(28)8-6-17-5-7-18(24)13-21(17)25/h2-9,13-14,26H,10-12H2,1H3/b8-6+. The van der Waals surface area contributed by atoms with Gasteiger partial charge in [0, 0.05) is 51.9 Å². The van der Waals surface area contributed by atoms with Gasteiger partial charge in [-0.25, -0.2) is 0 Å². The van der Waals surface area contributed by atoms with Gasteiger partial charge in [0.05, 0.1) is 0 Å². The van der Waals surface area contributed by atoms with Crippen LogP contribution in [0.3, 0.4) is 0 Å². The predicted octanol–water partition coefficient (Wildman–Crippen LogP) is 6.11. The Kier molecular flexibility index (Phi) is 5.29. The molecule has 0 fully saturated rings. The Labute approximate surface area is 174 Å². The molecule has 5 heteroatoms. The second kappa shape index (κ2) is 7.86. The Balaban J connectivity index is 1.48. The van der Waals surface area contributed by atoms with Gasteiger partial charge in [-0.3, -0.25) is 4.79 Å². The highest BCUT2D eigenvalue weighted by Gasteiger charge is 2.18. The van der Waals surface area contributed by atoms with E-state index in [1.807, 2.05) is 11.0 Å². The molecule has 1 N–H and O–H groups in total. The van der Waals surface area contributed by atoms with Crippen LogP contribution in [0.2, 0.25) is 10.0 Å². The molecule has 3 nitrogen and oxygen atoms in total. The van der Waals surface area contributed by atoms with Crippen LogP contribution in [0.4, 0.5) is 0 Å². The van der Waals surface area contributed by atoms with Crippen molar-refractivity contribution in [1.29, 1.82) is 0 Å². The minimum absolute atomic E-state index is 0.0175. The lowest BCUT2D eigenvalue weighted by Crippen LogP contribution is -2.33. The number of fused-ring (bicyclic) bond motifs is 1. The van der Waals surface area contributed by atoms with E-state index in [1.165, 1.54) is 27.6 Å². The third-order valence-electron chi connectivity index (χ3n) is 5.16. The number of carbonyl (C=O) groups excluding carboxylic acids is 1. The molecule has 1 aliphatic rings. The minimum Gasteiger partial charge on any atom is -0.360 e. The van der Waals surface area contributed by atoms with E-state index in [1.54, 1.807) is 24.3 Å². The maximum atomic E-state index is 12.5. The van der Waals surface area contributed by atoms with Crippen molar-refractivity contribution in [2.75, 3.05) is 13.1 Å². The van der Waals surface area contributed by atoms with Gasteiger partial charge in [0.1, 0.15) is 0 Å². The molecule has 0 aliphatic carbocycles. The largest absolute Gasteiger partial charge is 0.360 e. The monoisotopic (exact) mass is 410 g/mol. The Morgan fingerprint density at radius 3 is 2.82 bits per heavy atom. The van der Waals surface area contributed by atoms with Crippen molar-refractivity contribution in [1.82, 2.24) is 9.88 Å². The molecule has 0 radical (unpaired) electrons. The molecule has 0 saturated heterocycles. The van der Waals surface area contributed by atoms with Crippen LogP contribution in [-0.2, 0) is 4.79 Å². The topological polar surface area (TPSA) is 36.1 Å². The van der Waals surface area contributed by atoms with Crippen molar-refractivity contribution >= 4 is 51.7 Å². The van der Waals surface area contributed by atoms with Crippen LogP contribution in [0.25, 0.3) is 22.6 Å². The number of para-hydroxylation sites is 1. The average Bonchev–Trinajstić information content (AvgIpc) is 3.13. The van der Waals surface area contributed by atoms with E-state index in [-0.39, 0.29) is 5.91 Å². The second-order valence-corrected chi connectivity index (χ2v) is 7.81. The van der Waals surface area contributed by atoms with Crippen molar-refractivity contribution < 1.29 is 4.79 Å². The van der Waals surface area contributed by atoms with Gasteiger partial charge < -0.3 is 9.88 Å². The number of amides is 1. The summed E-state index contributed by atoms with van der Waals surface area (Å²) in [6.45, 7) is 3.41. The van der Waals surface area contributed by atoms with Crippen LogP contribution >= 0.6 is 23.2 Å². The van der Waals surface area contributed by atoms with Crippen LogP contribution < -0.4 is 0 Å². The molecule has 3 aromatic rings. The number of aromatic nitrogens is 1. The Hall–Kier alpha value is -2.49. The zero-order valence-electron chi connectivity index (χ0n) is 15.5. The molecule has 1 amide bonds. The van der Waals surface area contributed by atoms with E-state index in [0.29, 0.717) is 23.1 Å². The minimum atomic E-state index is -0.0175. The number of H-pyrrole nitrogens is 1. The summed E-state index contributed by atoms with van der Waals surface area (Å²) < 4.78 is 0. The summed E-state index contributed by atoms with van der Waals surface area (Å²) >= 11 is 12.1. The van der Waals surface area contributed by atoms with Crippen molar-refractivity contribution in [2.45, 2.75) is 13.3 Å². The predicted molar refractivity (Wildman–Crippen MR) is 118 cm³/mol. The molecular weight excluding hydrogens is 391 g/mol. The molecule has 0 unspecified atom stereocenters. The number of hydrogen-bond acceptors (Lipinski definition) is 1. The van der Waals surface area contributed by atoms with Crippen LogP contribution in [0.1, 0.15) is 23.1 Å². The smallest absolute Gasteiger partial charge is 0.246 e. The van der Waals surface area contributed by atoms with E-state index >= 15 is 0 Å². The summed E-state index contributed by atoms with van der Waals surface area (Å²) in [5, 5.41) is 2.35. The molecule has 0 saturated carbocycles. The van der Waals surface area contributed by atoms with Crippen molar-refractivity contribution in [3.8, 4) is 0 Å². The molecule has 1 aliphatic heterocycles. The van der Waals surface area contributed by atoms with E-state index in [4.69, 9.17) is 23.2 Å². The van der Waals surface area contributed by atoms with E-state index < -0.39 is 0 Å². The zero-order valence-corrected chi connectivity index (χ0v) is 17.0. The maximum absolute atomic E-state index is 12.5. The first kappa shape index (κ1) is 18.9. The summed E-state index contributed by atoms with van der Waals surface area (Å²) in [5.74, 6) is -0.0175. The molecule has 0 atom stereocenters. The van der Waals surface area contributed by atoms with Crippen LogP contribution in [0.5, 0.6) is 0 Å². The Bertz CT molecular complexity index is 1110. The van der Waals surface area contributed by atoms with Crippen molar-refractivity contribution in [3.05, 3.63) is 81.5 Å². The molecule has 28 heavy (non-hydrogen) atoms. The molecule has 1 aromatic heterocycles. The van der Waals surface area contributed by atoms with Gasteiger partial charge in [-0.05, 0) is 48.3 Å². The molecule has 4 rings (SSSR count). The quantitative estimate of drug-likeness (QED) is 0.519. The lowest BCUT2D eigenvalue weighted by Gasteiger charge is -2.25. The fraction of sp³-hybridized carbons (Fsp3) is 0.174. The van der Waals surface area contributed by atoms with Gasteiger partial charge in [-0.2, -0.15) is 0 Å². The van der Waals surface area contributed by atoms with Crippen LogP contribution in [-0.4, -0.2) is 28.9 Å². The summed E-state index contributed by atoms with van der Waals surface area (Å²) in [4.78, 5) is 17.8. The highest BCUT2D eigenvalue weighted by molar-refractivity contribution is 6.35. The number of benzene rings is 2. The fourth-order valence-electron chi connectivity index (χ4n) is 3.59. The number of hydrogen-bond donors (Lipinski definition) is 1. The van der Waals surface area contributed by atoms with Gasteiger partial charge >= 0.3 is 0 Å². The SMILES string of the molecule is Cc1cccc2c(C3=CCN(C(=O)/C=C/c4ccc(Cl)cc4Cl)CC3)c[nH]c12. The third kappa shape index (κ3) is 3.73. The average molecular weight is 411 g/mol. The molecule has 0 bridgehead atoms. The van der Waals surface area contributed by atoms with Gasteiger partial charge in [-0.1, -0.05) is 53.5 Å². The molecule has 0 spiro atoms. The van der Waals surface area contributed by atoms with Gasteiger partial charge in [-0.15, -0.1) is 0 Å². The Morgan fingerprint density at radius 2 is 2.07 bits per heavy atom. The molecule has 142 valence electrons. The lowest BCUT2D eigenvalue weighted by molar-refractivity contribution is -0.125. The highest BCUT2D eigenvalue weighted by atomic mass is 35.5. The van der Waals surface area contributed by atoms with Crippen molar-refractivity contribution in [2.24, 2.45) is 0 Å². The Morgan fingerprint density at radius 1 is 1.21 bits per heavy atom. The number of aryl methyl sites for hydroxylation is 1. The number of carbonyl (C=O) groups is 1. The number of rotatable bonds is 3. The van der Waals surface area contributed by atoms with E-state index in [9.17, 15) is 4.79 Å². The molecular formula is C23H20Cl2N2O. The highest BCUT2D eigenvalue weighted by Crippen LogP contribution is 2.30. The first-order valence-electron chi connectivity index (χ1n) is 9.21. The normalized spacial score (nSPS) is 14.7. The summed E-state index contributed by atoms with van der Waals surface area (Å²) in [7, 11) is 0. The molecule has 2 heterocycles. The van der Waals surface area contributed by atoms with Crippen LogP contribution in [0, 0.1) is 6.92 Å². The van der Waals surface area contributed by atoms with E-state index in [2.05, 4.69) is 42.4 Å². The van der Waals surface area contributed by atoms with Crippen molar-refractivity contribution in [3.63, 3.8) is 0 Å². The number of halogens is 2. The van der Waals surface area contributed by atoms with Gasteiger partial charge in [0.25, 0.3) is 0 Å². The summed E-state index contributed by atoms with van der Waals surface area (Å²) in [6, 6.07) is 11.6. The molecule has 2 aromatic carbocycles. The second-order valence-electron chi connectivity index (χ2n) is 6.96. The lowest BCUT2D eigenvalue weighted by atomic mass is 9.98. The summed E-state index contributed by atoms with van der Waals surface area (Å²) in [6.07, 6.45) is 8.37. The summed E-state index contributed by atoms with van der Waals surface area (Å²) in [5.41, 5.74) is 5.71. The van der Waals surface area contributed by atoms with E-state index in [0.717, 1.165) is 12.0 Å². The van der Waals surface area contributed by atoms with Gasteiger partial charge in [0.2, 0.25) is 5.91 Å². The maximum Gasteiger partial charge on any atom is 0.246 e. The zero-order chi connectivity index (χ0) is 19.7. The third-order valence-corrected chi connectivity index (χ3v) is 5.72.